The monoisotopic (exact) mass is 1310 g/mol. The molecule has 12 rings (SSSR count). The van der Waals surface area contributed by atoms with Crippen molar-refractivity contribution < 1.29 is 18.4 Å². The Morgan fingerprint density at radius 2 is 0.823 bits per heavy atom. The third-order valence-electron chi connectivity index (χ3n) is 20.1. The van der Waals surface area contributed by atoms with Crippen molar-refractivity contribution >= 4 is 33.9 Å². The van der Waals surface area contributed by atoms with Crippen molar-refractivity contribution in [3.05, 3.63) is 186 Å². The van der Waals surface area contributed by atoms with Gasteiger partial charge in [0.25, 0.3) is 11.1 Å². The number of carbonyl (C=O) groups excluding carboxylic acids is 2. The lowest BCUT2D eigenvalue weighted by Crippen LogP contribution is -2.50. The standard InChI is InChI=1S/2C37H46FN7O3/c2*1-41(2)19-20-43(5)24-25-9-11-26(12-10-25)27-7-6-8-31(21-27)44-33-32(22-28(38)23-39-33)34(46)45(36(44)48)30-15-13-29(14-16-30)40-35(47)37(17-18-37)42(3)4/h2*6-12,21-23,29-30H,13-20,24H2,1-5H3,(H,40,47)/t2*29-,30+. The molecular formula is C74H92F2N14O6. The molecular weight excluding hydrogens is 1220 g/mol. The molecule has 4 heterocycles. The van der Waals surface area contributed by atoms with Crippen LogP contribution in [0, 0.1) is 11.6 Å². The lowest BCUT2D eigenvalue weighted by molar-refractivity contribution is -0.128. The molecule has 4 aromatic heterocycles. The Morgan fingerprint density at radius 1 is 0.469 bits per heavy atom. The van der Waals surface area contributed by atoms with E-state index in [1.54, 1.807) is 0 Å². The van der Waals surface area contributed by atoms with E-state index in [0.717, 1.165) is 112 Å². The number of amides is 2. The highest BCUT2D eigenvalue weighted by Crippen LogP contribution is 2.42. The summed E-state index contributed by atoms with van der Waals surface area (Å²) in [5.41, 5.74) is 4.59. The van der Waals surface area contributed by atoms with E-state index in [-0.39, 0.29) is 58.0 Å². The second-order valence-electron chi connectivity index (χ2n) is 28.0. The summed E-state index contributed by atoms with van der Waals surface area (Å²) in [4.78, 5) is 103. The van der Waals surface area contributed by atoms with Crippen molar-refractivity contribution in [2.45, 2.75) is 125 Å². The number of carbonyl (C=O) groups is 2. The van der Waals surface area contributed by atoms with Gasteiger partial charge in [-0.1, -0.05) is 72.8 Å². The molecule has 4 aliphatic carbocycles. The second-order valence-corrected chi connectivity index (χ2v) is 28.0. The van der Waals surface area contributed by atoms with E-state index < -0.39 is 45.2 Å². The first-order valence-corrected chi connectivity index (χ1v) is 33.6. The first-order valence-electron chi connectivity index (χ1n) is 33.6. The first-order chi connectivity index (χ1) is 45.9. The fourth-order valence-corrected chi connectivity index (χ4v) is 13.8. The van der Waals surface area contributed by atoms with Crippen molar-refractivity contribution in [3.63, 3.8) is 0 Å². The molecule has 0 aliphatic heterocycles. The fourth-order valence-electron chi connectivity index (χ4n) is 13.8. The van der Waals surface area contributed by atoms with Gasteiger partial charge in [-0.25, -0.2) is 37.5 Å². The highest BCUT2D eigenvalue weighted by Gasteiger charge is 2.53. The second kappa shape index (κ2) is 29.1. The predicted molar refractivity (Wildman–Crippen MR) is 374 cm³/mol. The number of nitrogens with zero attached hydrogens (tertiary/aromatic N) is 12. The summed E-state index contributed by atoms with van der Waals surface area (Å²) in [5.74, 6) is -1.19. The Kier molecular flexibility index (Phi) is 20.9. The maximum Gasteiger partial charge on any atom is 0.337 e. The number of benzene rings is 4. The van der Waals surface area contributed by atoms with Gasteiger partial charge in [0.05, 0.1) is 45.6 Å². The molecule has 2 N–H and O–H groups in total. The van der Waals surface area contributed by atoms with E-state index in [2.05, 4.69) is 131 Å². The van der Waals surface area contributed by atoms with Gasteiger partial charge in [0.2, 0.25) is 11.8 Å². The van der Waals surface area contributed by atoms with Crippen molar-refractivity contribution in [1.29, 1.82) is 0 Å². The van der Waals surface area contributed by atoms with E-state index in [0.29, 0.717) is 62.7 Å². The minimum atomic E-state index is -0.640. The number of hydrogen-bond acceptors (Lipinski definition) is 14. The maximum absolute atomic E-state index is 14.5. The molecule has 22 heteroatoms. The largest absolute Gasteiger partial charge is 0.352 e. The third-order valence-corrected chi connectivity index (χ3v) is 20.1. The van der Waals surface area contributed by atoms with E-state index in [9.17, 15) is 37.5 Å². The van der Waals surface area contributed by atoms with Crippen LogP contribution in [0.15, 0.2) is 141 Å². The molecule has 4 saturated carbocycles. The van der Waals surface area contributed by atoms with Crippen LogP contribution in [0.2, 0.25) is 0 Å². The van der Waals surface area contributed by atoms with Gasteiger partial charge >= 0.3 is 11.4 Å². The Labute approximate surface area is 559 Å². The Bertz CT molecular complexity index is 4090. The number of fused-ring (bicyclic) bond motifs is 2. The van der Waals surface area contributed by atoms with Gasteiger partial charge in [0.1, 0.15) is 11.6 Å². The summed E-state index contributed by atoms with van der Waals surface area (Å²) in [6, 6.07) is 33.4. The third kappa shape index (κ3) is 15.1. The van der Waals surface area contributed by atoms with Gasteiger partial charge in [-0.15, -0.1) is 0 Å². The summed E-state index contributed by atoms with van der Waals surface area (Å²) in [6.45, 7) is 5.58. The number of rotatable bonds is 22. The molecule has 4 aliphatic rings. The van der Waals surface area contributed by atoms with Crippen LogP contribution >= 0.6 is 0 Å². The number of pyridine rings is 2. The SMILES string of the molecule is CN(C)CCN(C)Cc1ccc(-c2cccc(-n3c(=O)n([C@H]4CC[C@@H](NC(=O)C5(N(C)C)CC5)CC4)c(=O)c4cc(F)cnc43)c2)cc1.CN(C)CCN(C)Cc1ccc(-c2cccc(-n3c(=O)n([C@H]4CC[C@@H](NC(=O)C5(N(C)C)CC5)CC4)c(=O)c4cc(F)cnc43)c2)cc1. The number of likely N-dealkylation sites (N-methyl/N-ethyl adjacent to an activating group) is 6. The van der Waals surface area contributed by atoms with Gasteiger partial charge in [0.15, 0.2) is 11.3 Å². The zero-order chi connectivity index (χ0) is 68.3. The van der Waals surface area contributed by atoms with E-state index >= 15 is 0 Å². The molecule has 0 saturated heterocycles. The summed E-state index contributed by atoms with van der Waals surface area (Å²) in [7, 11) is 20.2. The van der Waals surface area contributed by atoms with E-state index in [1.165, 1.54) is 29.4 Å². The lowest BCUT2D eigenvalue weighted by Gasteiger charge is -2.32. The fraction of sp³-hybridized carbons (Fsp3) is 0.459. The maximum atomic E-state index is 14.5. The van der Waals surface area contributed by atoms with Gasteiger partial charge in [0, 0.05) is 63.4 Å². The smallest absolute Gasteiger partial charge is 0.337 e. The van der Waals surface area contributed by atoms with Crippen LogP contribution in [0.5, 0.6) is 0 Å². The van der Waals surface area contributed by atoms with Gasteiger partial charge in [-0.05, 0) is 217 Å². The van der Waals surface area contributed by atoms with Gasteiger partial charge in [-0.3, -0.25) is 38.1 Å². The molecule has 2 amide bonds. The molecule has 20 nitrogen and oxygen atoms in total. The minimum absolute atomic E-state index is 0.0230. The van der Waals surface area contributed by atoms with E-state index in [1.807, 2.05) is 86.5 Å². The summed E-state index contributed by atoms with van der Waals surface area (Å²) >= 11 is 0. The zero-order valence-corrected chi connectivity index (χ0v) is 57.2. The molecule has 4 aromatic carbocycles. The molecule has 8 aromatic rings. The highest BCUT2D eigenvalue weighted by molar-refractivity contribution is 5.90. The average Bonchev–Trinajstić information content (AvgIpc) is 1.13. The molecule has 0 spiro atoms. The van der Waals surface area contributed by atoms with Crippen LogP contribution in [0.3, 0.4) is 0 Å². The van der Waals surface area contributed by atoms with Crippen molar-refractivity contribution in [3.8, 4) is 33.6 Å². The molecule has 0 bridgehead atoms. The first kappa shape index (κ1) is 69.0. The van der Waals surface area contributed by atoms with Gasteiger partial charge < -0.3 is 30.2 Å². The Hall–Kier alpha value is -8.38. The molecule has 96 heavy (non-hydrogen) atoms. The molecule has 0 atom stereocenters. The van der Waals surface area contributed by atoms with Crippen LogP contribution in [0.25, 0.3) is 55.7 Å². The summed E-state index contributed by atoms with van der Waals surface area (Å²) in [5, 5.41) is 6.53. The predicted octanol–water partition coefficient (Wildman–Crippen LogP) is 8.08. The normalized spacial score (nSPS) is 18.9. The zero-order valence-electron chi connectivity index (χ0n) is 57.2. The Morgan fingerprint density at radius 3 is 1.15 bits per heavy atom. The van der Waals surface area contributed by atoms with Crippen molar-refractivity contribution in [1.82, 2.24) is 68.3 Å². The number of nitrogens with one attached hydrogen (secondary N) is 2. The van der Waals surface area contributed by atoms with Crippen molar-refractivity contribution in [2.75, 3.05) is 96.7 Å². The minimum Gasteiger partial charge on any atom is -0.352 e. The van der Waals surface area contributed by atoms with Crippen molar-refractivity contribution in [2.24, 2.45) is 0 Å². The van der Waals surface area contributed by atoms with Crippen LogP contribution in [-0.2, 0) is 22.7 Å². The average molecular weight is 1310 g/mol. The molecule has 0 radical (unpaired) electrons. The number of hydrogen-bond donors (Lipinski definition) is 2. The molecule has 0 unspecified atom stereocenters. The summed E-state index contributed by atoms with van der Waals surface area (Å²) < 4.78 is 34.4. The van der Waals surface area contributed by atoms with Gasteiger partial charge in [-0.2, -0.15) is 0 Å². The molecule has 508 valence electrons. The Balaban J connectivity index is 0.000000195. The summed E-state index contributed by atoms with van der Waals surface area (Å²) in [6.07, 6.45) is 10.2. The topological polar surface area (TPSA) is 191 Å². The lowest BCUT2D eigenvalue weighted by atomic mass is 9.90. The highest BCUT2D eigenvalue weighted by atomic mass is 19.1. The van der Waals surface area contributed by atoms with Crippen LogP contribution in [0.4, 0.5) is 8.78 Å². The van der Waals surface area contributed by atoms with E-state index in [4.69, 9.17) is 0 Å². The number of halogens is 2. The van der Waals surface area contributed by atoms with Crippen LogP contribution in [0.1, 0.15) is 100 Å². The number of aromatic nitrogens is 6. The van der Waals surface area contributed by atoms with Crippen LogP contribution in [-0.4, -0.2) is 189 Å². The van der Waals surface area contributed by atoms with Crippen LogP contribution < -0.4 is 33.1 Å². The quantitative estimate of drug-likeness (QED) is 0.0662. The molecule has 4 fully saturated rings.